The first-order valence-corrected chi connectivity index (χ1v) is 12.7. The number of hydrogen-bond donors (Lipinski definition) is 2. The number of hydrogen-bond acceptors (Lipinski definition) is 7. The van der Waals surface area contributed by atoms with Crippen LogP contribution in [-0.4, -0.2) is 56.4 Å². The molecule has 32 heavy (non-hydrogen) atoms. The predicted octanol–water partition coefficient (Wildman–Crippen LogP) is 3.15. The lowest BCUT2D eigenvalue weighted by atomic mass is 10.1. The first-order chi connectivity index (χ1) is 15.2. The Morgan fingerprint density at radius 2 is 1.72 bits per heavy atom. The molecule has 0 spiro atoms. The van der Waals surface area contributed by atoms with Gasteiger partial charge in [-0.05, 0) is 24.3 Å². The zero-order chi connectivity index (χ0) is 23.3. The molecule has 1 aromatic heterocycles. The molecule has 0 radical (unpaired) electrons. The Hall–Kier alpha value is -2.73. The predicted molar refractivity (Wildman–Crippen MR) is 128 cm³/mol. The molecule has 0 aliphatic rings. The van der Waals surface area contributed by atoms with E-state index in [1.807, 2.05) is 30.3 Å². The number of thioether (sulfide) groups is 1. The molecule has 2 N–H and O–H groups in total. The molecule has 2 amide bonds. The van der Waals surface area contributed by atoms with Crippen LogP contribution in [0.5, 0.6) is 0 Å². The first-order valence-electron chi connectivity index (χ1n) is 9.46. The molecule has 168 valence electrons. The van der Waals surface area contributed by atoms with Gasteiger partial charge in [0.05, 0.1) is 10.6 Å². The van der Waals surface area contributed by atoms with Gasteiger partial charge >= 0.3 is 0 Å². The van der Waals surface area contributed by atoms with Crippen molar-refractivity contribution < 1.29 is 18.0 Å². The lowest BCUT2D eigenvalue weighted by molar-refractivity contribution is -0.118. The van der Waals surface area contributed by atoms with E-state index in [2.05, 4.69) is 15.6 Å². The van der Waals surface area contributed by atoms with Gasteiger partial charge < -0.3 is 10.6 Å². The lowest BCUT2D eigenvalue weighted by Crippen LogP contribution is -2.22. The number of aromatic nitrogens is 1. The average Bonchev–Trinajstić information content (AvgIpc) is 3.20. The summed E-state index contributed by atoms with van der Waals surface area (Å²) in [5.41, 5.74) is 1.75. The lowest BCUT2D eigenvalue weighted by Gasteiger charge is -2.11. The van der Waals surface area contributed by atoms with Gasteiger partial charge in [0.1, 0.15) is 10.7 Å². The number of benzene rings is 2. The smallest absolute Gasteiger partial charge is 0.256 e. The second-order valence-electron chi connectivity index (χ2n) is 6.75. The van der Waals surface area contributed by atoms with Crippen LogP contribution in [0.1, 0.15) is 10.4 Å². The van der Waals surface area contributed by atoms with E-state index in [9.17, 15) is 18.0 Å². The topological polar surface area (TPSA) is 108 Å². The number of thiazole rings is 1. The monoisotopic (exact) mass is 490 g/mol. The molecular weight excluding hydrogens is 468 g/mol. The summed E-state index contributed by atoms with van der Waals surface area (Å²) in [6.07, 6.45) is 0. The van der Waals surface area contributed by atoms with Crippen molar-refractivity contribution in [1.29, 1.82) is 0 Å². The Balaban J connectivity index is 1.86. The van der Waals surface area contributed by atoms with Gasteiger partial charge in [0, 0.05) is 32.3 Å². The van der Waals surface area contributed by atoms with Gasteiger partial charge in [-0.15, -0.1) is 0 Å². The third-order valence-electron chi connectivity index (χ3n) is 4.38. The van der Waals surface area contributed by atoms with Crippen LogP contribution in [0.4, 0.5) is 5.00 Å². The first kappa shape index (κ1) is 23.9. The van der Waals surface area contributed by atoms with E-state index in [0.29, 0.717) is 20.6 Å². The minimum absolute atomic E-state index is 0.106. The van der Waals surface area contributed by atoms with Gasteiger partial charge in [0.2, 0.25) is 15.9 Å². The van der Waals surface area contributed by atoms with Crippen LogP contribution >= 0.6 is 23.1 Å². The van der Waals surface area contributed by atoms with Gasteiger partial charge in [-0.3, -0.25) is 9.59 Å². The molecule has 3 aromatic rings. The maximum Gasteiger partial charge on any atom is 0.256 e. The van der Waals surface area contributed by atoms with Crippen LogP contribution in [0, 0.1) is 0 Å². The molecule has 1 heterocycles. The summed E-state index contributed by atoms with van der Waals surface area (Å²) in [6, 6.07) is 15.2. The van der Waals surface area contributed by atoms with Crippen LogP contribution in [0.15, 0.2) is 63.8 Å². The number of nitrogens with one attached hydrogen (secondary N) is 2. The average molecular weight is 491 g/mol. The van der Waals surface area contributed by atoms with E-state index in [1.54, 1.807) is 7.05 Å². The van der Waals surface area contributed by atoms with E-state index >= 15 is 0 Å². The quantitative estimate of drug-likeness (QED) is 0.470. The Morgan fingerprint density at radius 3 is 2.31 bits per heavy atom. The van der Waals surface area contributed by atoms with Crippen molar-refractivity contribution in [3.05, 3.63) is 60.2 Å². The summed E-state index contributed by atoms with van der Waals surface area (Å²) in [5.74, 6) is -0.291. The van der Waals surface area contributed by atoms with Crippen LogP contribution in [0.3, 0.4) is 0 Å². The highest BCUT2D eigenvalue weighted by molar-refractivity contribution is 8.01. The van der Waals surface area contributed by atoms with Crippen molar-refractivity contribution in [3.63, 3.8) is 0 Å². The summed E-state index contributed by atoms with van der Waals surface area (Å²) in [4.78, 5) is 29.1. The summed E-state index contributed by atoms with van der Waals surface area (Å²) < 4.78 is 26.2. The Morgan fingerprint density at radius 1 is 1.06 bits per heavy atom. The molecule has 0 fully saturated rings. The summed E-state index contributed by atoms with van der Waals surface area (Å²) in [5, 5.41) is 5.98. The summed E-state index contributed by atoms with van der Waals surface area (Å²) in [6.45, 7) is 0. The van der Waals surface area contributed by atoms with Crippen molar-refractivity contribution in [2.45, 2.75) is 9.24 Å². The van der Waals surface area contributed by atoms with E-state index in [0.717, 1.165) is 9.87 Å². The molecule has 8 nitrogen and oxygen atoms in total. The maximum absolute atomic E-state index is 12.9. The Bertz CT molecular complexity index is 1210. The van der Waals surface area contributed by atoms with Gasteiger partial charge in [0.25, 0.3) is 5.91 Å². The number of carbonyl (C=O) groups is 2. The van der Waals surface area contributed by atoms with Crippen molar-refractivity contribution in [3.8, 4) is 11.3 Å². The van der Waals surface area contributed by atoms with Crippen molar-refractivity contribution in [1.82, 2.24) is 14.6 Å². The van der Waals surface area contributed by atoms with Crippen LogP contribution in [-0.2, 0) is 14.8 Å². The van der Waals surface area contributed by atoms with Crippen LogP contribution in [0.2, 0.25) is 0 Å². The highest BCUT2D eigenvalue weighted by atomic mass is 32.2. The fourth-order valence-corrected chi connectivity index (χ4v) is 5.44. The van der Waals surface area contributed by atoms with Crippen LogP contribution < -0.4 is 10.6 Å². The number of anilines is 1. The van der Waals surface area contributed by atoms with Crippen LogP contribution in [0.25, 0.3) is 11.3 Å². The standard InChI is InChI=1S/C21H22N4O4S3/c1-22-17(26)13-30-21-23-18(14-7-5-4-6-8-14)20(31-21)24-19(27)15-9-11-16(12-10-15)32(28,29)25(2)3/h4-12H,13H2,1-3H3,(H,22,26)(H,24,27). The molecule has 0 saturated carbocycles. The van der Waals surface area contributed by atoms with E-state index in [-0.39, 0.29) is 22.5 Å². The molecule has 0 aliphatic carbocycles. The van der Waals surface area contributed by atoms with E-state index in [4.69, 9.17) is 0 Å². The second kappa shape index (κ2) is 10.3. The molecule has 2 aromatic carbocycles. The molecular formula is C21H22N4O4S3. The van der Waals surface area contributed by atoms with Gasteiger partial charge in [-0.1, -0.05) is 53.4 Å². The van der Waals surface area contributed by atoms with E-state index in [1.165, 1.54) is 61.5 Å². The fraction of sp³-hybridized carbons (Fsp3) is 0.190. The van der Waals surface area contributed by atoms with Gasteiger partial charge in [-0.2, -0.15) is 0 Å². The van der Waals surface area contributed by atoms with Crippen molar-refractivity contribution in [2.75, 3.05) is 32.2 Å². The fourth-order valence-electron chi connectivity index (χ4n) is 2.60. The Labute approximate surface area is 195 Å². The third kappa shape index (κ3) is 5.54. The molecule has 0 unspecified atom stereocenters. The van der Waals surface area contributed by atoms with Gasteiger partial charge in [0.15, 0.2) is 4.34 Å². The minimum Gasteiger partial charge on any atom is -0.358 e. The molecule has 0 bridgehead atoms. The number of carbonyl (C=O) groups excluding carboxylic acids is 2. The van der Waals surface area contributed by atoms with Gasteiger partial charge in [-0.25, -0.2) is 17.7 Å². The third-order valence-corrected chi connectivity index (χ3v) is 8.33. The summed E-state index contributed by atoms with van der Waals surface area (Å²) >= 11 is 2.56. The zero-order valence-corrected chi connectivity index (χ0v) is 20.1. The zero-order valence-electron chi connectivity index (χ0n) is 17.7. The maximum atomic E-state index is 12.9. The molecule has 0 aliphatic heterocycles. The molecule has 0 atom stereocenters. The second-order valence-corrected chi connectivity index (χ2v) is 11.1. The van der Waals surface area contributed by atoms with Crippen molar-refractivity contribution in [2.24, 2.45) is 0 Å². The minimum atomic E-state index is -3.58. The number of nitrogens with zero attached hydrogens (tertiary/aromatic N) is 2. The SMILES string of the molecule is CNC(=O)CSc1nc(-c2ccccc2)c(NC(=O)c2ccc(S(=O)(=O)N(C)C)cc2)s1. The normalized spacial score (nSPS) is 11.4. The van der Waals surface area contributed by atoms with Crippen molar-refractivity contribution >= 4 is 49.9 Å². The highest BCUT2D eigenvalue weighted by Gasteiger charge is 2.20. The number of rotatable bonds is 8. The number of amides is 2. The largest absolute Gasteiger partial charge is 0.358 e. The number of sulfonamides is 1. The molecule has 11 heteroatoms. The molecule has 3 rings (SSSR count). The van der Waals surface area contributed by atoms with E-state index < -0.39 is 10.0 Å². The summed E-state index contributed by atoms with van der Waals surface area (Å²) in [7, 11) is 0.893. The highest BCUT2D eigenvalue weighted by Crippen LogP contribution is 2.37. The Kier molecular flexibility index (Phi) is 7.67. The molecule has 0 saturated heterocycles.